The molecule has 4 nitrogen and oxygen atoms in total. The van der Waals surface area contributed by atoms with E-state index in [1.165, 1.54) is 5.56 Å². The first-order chi connectivity index (χ1) is 9.72. The van der Waals surface area contributed by atoms with E-state index >= 15 is 0 Å². The van der Waals surface area contributed by atoms with Gasteiger partial charge >= 0.3 is 0 Å². The summed E-state index contributed by atoms with van der Waals surface area (Å²) in [6, 6.07) is 8.33. The maximum absolute atomic E-state index is 5.40. The monoisotopic (exact) mass is 334 g/mol. The first kappa shape index (κ1) is 13.4. The number of benzene rings is 1. The molecule has 0 spiro atoms. The molecule has 1 aliphatic rings. The van der Waals surface area contributed by atoms with Crippen molar-refractivity contribution in [2.75, 3.05) is 6.79 Å². The smallest absolute Gasteiger partial charge is 0.231 e. The molecule has 1 aromatic carbocycles. The molecule has 0 bridgehead atoms. The Labute approximate surface area is 126 Å². The van der Waals surface area contributed by atoms with E-state index in [4.69, 9.17) is 9.47 Å². The van der Waals surface area contributed by atoms with E-state index in [1.807, 2.05) is 18.3 Å². The lowest BCUT2D eigenvalue weighted by molar-refractivity contribution is 0.174. The standard InChI is InChI=1S/C15H15BrN2O2/c1-10(18-7-11-4-13(16)8-17-6-11)12-2-3-14-15(5-12)20-9-19-14/h2-6,8,10,18H,7,9H2,1H3. The van der Waals surface area contributed by atoms with Crippen molar-refractivity contribution in [1.82, 2.24) is 10.3 Å². The molecule has 1 aliphatic heterocycles. The molecule has 0 fully saturated rings. The zero-order valence-corrected chi connectivity index (χ0v) is 12.7. The summed E-state index contributed by atoms with van der Waals surface area (Å²) < 4.78 is 11.7. The minimum Gasteiger partial charge on any atom is -0.454 e. The van der Waals surface area contributed by atoms with E-state index in [0.717, 1.165) is 28.1 Å². The molecule has 2 heterocycles. The lowest BCUT2D eigenvalue weighted by Crippen LogP contribution is -2.18. The third-order valence-corrected chi connectivity index (χ3v) is 3.70. The van der Waals surface area contributed by atoms with Crippen LogP contribution in [0, 0.1) is 0 Å². The minimum absolute atomic E-state index is 0.225. The predicted molar refractivity (Wildman–Crippen MR) is 79.8 cm³/mol. The number of pyridine rings is 1. The van der Waals surface area contributed by atoms with E-state index in [0.29, 0.717) is 6.79 Å². The SMILES string of the molecule is CC(NCc1cncc(Br)c1)c1ccc2c(c1)OCO2. The van der Waals surface area contributed by atoms with Crippen LogP contribution >= 0.6 is 15.9 Å². The van der Waals surface area contributed by atoms with Gasteiger partial charge in [-0.2, -0.15) is 0 Å². The highest BCUT2D eigenvalue weighted by Crippen LogP contribution is 2.34. The van der Waals surface area contributed by atoms with Gasteiger partial charge in [0.25, 0.3) is 0 Å². The van der Waals surface area contributed by atoms with E-state index in [-0.39, 0.29) is 6.04 Å². The van der Waals surface area contributed by atoms with Gasteiger partial charge in [0.1, 0.15) is 0 Å². The van der Waals surface area contributed by atoms with Gasteiger partial charge in [0.2, 0.25) is 6.79 Å². The van der Waals surface area contributed by atoms with Crippen molar-refractivity contribution in [3.05, 3.63) is 52.3 Å². The van der Waals surface area contributed by atoms with E-state index in [2.05, 4.69) is 45.3 Å². The Morgan fingerprint density at radius 1 is 1.25 bits per heavy atom. The van der Waals surface area contributed by atoms with Gasteiger partial charge in [-0.25, -0.2) is 0 Å². The van der Waals surface area contributed by atoms with Gasteiger partial charge in [0, 0.05) is 29.5 Å². The quantitative estimate of drug-likeness (QED) is 0.930. The van der Waals surface area contributed by atoms with Crippen LogP contribution in [-0.2, 0) is 6.54 Å². The molecule has 2 aromatic rings. The highest BCUT2D eigenvalue weighted by atomic mass is 79.9. The van der Waals surface area contributed by atoms with Crippen molar-refractivity contribution in [1.29, 1.82) is 0 Å². The number of rotatable bonds is 4. The Morgan fingerprint density at radius 3 is 2.95 bits per heavy atom. The summed E-state index contributed by atoms with van der Waals surface area (Å²) in [4.78, 5) is 4.16. The van der Waals surface area contributed by atoms with Gasteiger partial charge in [0.15, 0.2) is 11.5 Å². The highest BCUT2D eigenvalue weighted by Gasteiger charge is 2.15. The van der Waals surface area contributed by atoms with Crippen LogP contribution in [0.1, 0.15) is 24.1 Å². The molecular weight excluding hydrogens is 320 g/mol. The molecule has 0 radical (unpaired) electrons. The number of hydrogen-bond donors (Lipinski definition) is 1. The second kappa shape index (κ2) is 5.81. The van der Waals surface area contributed by atoms with Crippen LogP contribution in [0.4, 0.5) is 0 Å². The molecule has 0 amide bonds. The second-order valence-electron chi connectivity index (χ2n) is 4.73. The molecule has 0 saturated heterocycles. The number of nitrogens with zero attached hydrogens (tertiary/aromatic N) is 1. The normalized spacial score (nSPS) is 14.3. The Hall–Kier alpha value is -1.59. The van der Waals surface area contributed by atoms with Crippen LogP contribution in [0.15, 0.2) is 41.1 Å². The average molecular weight is 335 g/mol. The van der Waals surface area contributed by atoms with Crippen molar-refractivity contribution < 1.29 is 9.47 Å². The first-order valence-corrected chi connectivity index (χ1v) is 7.24. The average Bonchev–Trinajstić information content (AvgIpc) is 2.92. The van der Waals surface area contributed by atoms with Crippen molar-refractivity contribution >= 4 is 15.9 Å². The summed E-state index contributed by atoms with van der Waals surface area (Å²) in [5.41, 5.74) is 2.32. The van der Waals surface area contributed by atoms with Gasteiger partial charge in [-0.1, -0.05) is 6.07 Å². The summed E-state index contributed by atoms with van der Waals surface area (Å²) in [5, 5.41) is 3.48. The van der Waals surface area contributed by atoms with Crippen LogP contribution in [0.5, 0.6) is 11.5 Å². The van der Waals surface area contributed by atoms with Crippen molar-refractivity contribution in [3.63, 3.8) is 0 Å². The summed E-state index contributed by atoms with van der Waals surface area (Å²) in [6.45, 7) is 3.20. The summed E-state index contributed by atoms with van der Waals surface area (Å²) >= 11 is 3.43. The minimum atomic E-state index is 0.225. The Morgan fingerprint density at radius 2 is 2.10 bits per heavy atom. The molecule has 104 valence electrons. The van der Waals surface area contributed by atoms with Crippen LogP contribution < -0.4 is 14.8 Å². The molecule has 3 rings (SSSR count). The van der Waals surface area contributed by atoms with Crippen LogP contribution in [0.2, 0.25) is 0 Å². The van der Waals surface area contributed by atoms with E-state index in [1.54, 1.807) is 6.20 Å². The Balaban J connectivity index is 1.66. The first-order valence-electron chi connectivity index (χ1n) is 6.45. The molecule has 0 saturated carbocycles. The third-order valence-electron chi connectivity index (χ3n) is 3.27. The van der Waals surface area contributed by atoms with Gasteiger partial charge in [-0.15, -0.1) is 0 Å². The fraction of sp³-hybridized carbons (Fsp3) is 0.267. The molecular formula is C15H15BrN2O2. The number of nitrogens with one attached hydrogen (secondary N) is 1. The highest BCUT2D eigenvalue weighted by molar-refractivity contribution is 9.10. The lowest BCUT2D eigenvalue weighted by atomic mass is 10.1. The van der Waals surface area contributed by atoms with Crippen molar-refractivity contribution in [2.24, 2.45) is 0 Å². The fourth-order valence-corrected chi connectivity index (χ4v) is 2.54. The zero-order chi connectivity index (χ0) is 13.9. The van der Waals surface area contributed by atoms with Crippen molar-refractivity contribution in [3.8, 4) is 11.5 Å². The van der Waals surface area contributed by atoms with Crippen LogP contribution in [-0.4, -0.2) is 11.8 Å². The molecule has 1 atom stereocenters. The van der Waals surface area contributed by atoms with E-state index in [9.17, 15) is 0 Å². The van der Waals surface area contributed by atoms with Crippen LogP contribution in [0.25, 0.3) is 0 Å². The van der Waals surface area contributed by atoms with Crippen molar-refractivity contribution in [2.45, 2.75) is 19.5 Å². The number of halogens is 1. The fourth-order valence-electron chi connectivity index (χ4n) is 2.12. The number of ether oxygens (including phenoxy) is 2. The maximum Gasteiger partial charge on any atom is 0.231 e. The van der Waals surface area contributed by atoms with Gasteiger partial charge in [-0.05, 0) is 52.2 Å². The number of aromatic nitrogens is 1. The second-order valence-corrected chi connectivity index (χ2v) is 5.64. The molecule has 1 unspecified atom stereocenters. The Kier molecular flexibility index (Phi) is 3.89. The van der Waals surface area contributed by atoms with Gasteiger partial charge < -0.3 is 14.8 Å². The zero-order valence-electron chi connectivity index (χ0n) is 11.1. The topological polar surface area (TPSA) is 43.4 Å². The summed E-state index contributed by atoms with van der Waals surface area (Å²) in [7, 11) is 0. The van der Waals surface area contributed by atoms with E-state index < -0.39 is 0 Å². The number of fused-ring (bicyclic) bond motifs is 1. The molecule has 5 heteroatoms. The summed E-state index contributed by atoms with van der Waals surface area (Å²) in [5.74, 6) is 1.64. The predicted octanol–water partition coefficient (Wildman–Crippen LogP) is 3.42. The largest absolute Gasteiger partial charge is 0.454 e. The molecule has 1 N–H and O–H groups in total. The molecule has 1 aromatic heterocycles. The lowest BCUT2D eigenvalue weighted by Gasteiger charge is -2.14. The third kappa shape index (κ3) is 2.94. The van der Waals surface area contributed by atoms with Crippen LogP contribution in [0.3, 0.4) is 0 Å². The number of hydrogen-bond acceptors (Lipinski definition) is 4. The van der Waals surface area contributed by atoms with Gasteiger partial charge in [-0.3, -0.25) is 4.98 Å². The van der Waals surface area contributed by atoms with Gasteiger partial charge in [0.05, 0.1) is 0 Å². The maximum atomic E-state index is 5.40. The molecule has 0 aliphatic carbocycles. The molecule has 20 heavy (non-hydrogen) atoms. The Bertz CT molecular complexity index is 619. The summed E-state index contributed by atoms with van der Waals surface area (Å²) in [6.07, 6.45) is 3.65.